The number of hydrogen-bond donors (Lipinski definition) is 2. The van der Waals surface area contributed by atoms with Crippen LogP contribution in [0.25, 0.3) is 0 Å². The van der Waals surface area contributed by atoms with Crippen LogP contribution in [0.1, 0.15) is 18.3 Å². The van der Waals surface area contributed by atoms with E-state index < -0.39 is 0 Å². The molecule has 0 saturated carbocycles. The third-order valence-electron chi connectivity index (χ3n) is 3.23. The van der Waals surface area contributed by atoms with Gasteiger partial charge in [0.1, 0.15) is 12.2 Å². The number of amides is 2. The Morgan fingerprint density at radius 3 is 2.88 bits per heavy atom. The van der Waals surface area contributed by atoms with Crippen LogP contribution in [0.3, 0.4) is 0 Å². The molecule has 1 heterocycles. The molecule has 2 aromatic rings. The molecule has 2 amide bonds. The van der Waals surface area contributed by atoms with Crippen molar-refractivity contribution in [2.24, 2.45) is 10.8 Å². The number of aryl methyl sites for hydroxylation is 1. The van der Waals surface area contributed by atoms with Gasteiger partial charge in [0.15, 0.2) is 0 Å². The van der Waals surface area contributed by atoms with Crippen molar-refractivity contribution >= 4 is 12.0 Å². The van der Waals surface area contributed by atoms with Gasteiger partial charge in [-0.05, 0) is 5.56 Å². The molecular formula is C16H21N7O. The fourth-order valence-corrected chi connectivity index (χ4v) is 2.02. The highest BCUT2D eigenvalue weighted by Gasteiger charge is 2.13. The van der Waals surface area contributed by atoms with Gasteiger partial charge in [-0.3, -0.25) is 4.57 Å². The summed E-state index contributed by atoms with van der Waals surface area (Å²) in [6, 6.07) is 9.24. The Labute approximate surface area is 140 Å². The molecule has 1 aromatic heterocycles. The van der Waals surface area contributed by atoms with E-state index in [0.29, 0.717) is 18.8 Å². The van der Waals surface area contributed by atoms with E-state index in [9.17, 15) is 4.79 Å². The van der Waals surface area contributed by atoms with Crippen LogP contribution in [0.5, 0.6) is 0 Å². The number of carbonyl (C=O) groups excluding carboxylic acids is 1. The number of nitrogens with zero attached hydrogens (tertiary/aromatic N) is 5. The molecule has 0 unspecified atom stereocenters. The molecule has 1 aromatic carbocycles. The molecular weight excluding hydrogens is 306 g/mol. The zero-order chi connectivity index (χ0) is 17.4. The molecule has 0 aliphatic heterocycles. The van der Waals surface area contributed by atoms with E-state index in [4.69, 9.17) is 5.73 Å². The minimum atomic E-state index is -0.368. The highest BCUT2D eigenvalue weighted by molar-refractivity contribution is 5.83. The first kappa shape index (κ1) is 17.2. The van der Waals surface area contributed by atoms with Crippen molar-refractivity contribution < 1.29 is 4.79 Å². The summed E-state index contributed by atoms with van der Waals surface area (Å²) in [7, 11) is 0. The monoisotopic (exact) mass is 327 g/mol. The molecule has 0 aliphatic rings. The summed E-state index contributed by atoms with van der Waals surface area (Å²) >= 11 is 0. The van der Waals surface area contributed by atoms with E-state index in [2.05, 4.69) is 27.2 Å². The predicted molar refractivity (Wildman–Crippen MR) is 92.0 cm³/mol. The Hall–Kier alpha value is -3.16. The van der Waals surface area contributed by atoms with E-state index in [1.807, 2.05) is 37.3 Å². The van der Waals surface area contributed by atoms with E-state index in [1.54, 1.807) is 10.6 Å². The van der Waals surface area contributed by atoms with Crippen LogP contribution >= 0.6 is 0 Å². The second kappa shape index (κ2) is 8.47. The maximum Gasteiger partial charge on any atom is 0.338 e. The van der Waals surface area contributed by atoms with Crippen molar-refractivity contribution in [1.29, 1.82) is 0 Å². The van der Waals surface area contributed by atoms with Crippen molar-refractivity contribution in [3.8, 4) is 0 Å². The number of carbonyl (C=O) groups is 1. The third-order valence-corrected chi connectivity index (χ3v) is 3.23. The highest BCUT2D eigenvalue weighted by atomic mass is 16.2. The van der Waals surface area contributed by atoms with Gasteiger partial charge in [0, 0.05) is 13.0 Å². The minimum absolute atomic E-state index is 0.119. The van der Waals surface area contributed by atoms with Crippen molar-refractivity contribution in [3.05, 3.63) is 60.7 Å². The summed E-state index contributed by atoms with van der Waals surface area (Å²) in [6.07, 6.45) is 3.69. The molecule has 0 bridgehead atoms. The fourth-order valence-electron chi connectivity index (χ4n) is 2.02. The summed E-state index contributed by atoms with van der Waals surface area (Å²) in [6.45, 7) is 6.20. The van der Waals surface area contributed by atoms with Gasteiger partial charge in [-0.15, -0.1) is 21.9 Å². The number of hydrogen-bond acceptors (Lipinski definition) is 4. The van der Waals surface area contributed by atoms with Crippen LogP contribution in [0.2, 0.25) is 0 Å². The summed E-state index contributed by atoms with van der Waals surface area (Å²) < 4.78 is 1.54. The zero-order valence-corrected chi connectivity index (χ0v) is 13.6. The molecule has 126 valence electrons. The molecule has 0 aliphatic carbocycles. The van der Waals surface area contributed by atoms with Crippen molar-refractivity contribution in [1.82, 2.24) is 25.1 Å². The first-order valence-corrected chi connectivity index (χ1v) is 7.59. The summed E-state index contributed by atoms with van der Waals surface area (Å²) in [5.74, 6) is 0.785. The van der Waals surface area contributed by atoms with Gasteiger partial charge in [0.2, 0.25) is 5.96 Å². The Balaban J connectivity index is 2.08. The largest absolute Gasteiger partial charge is 0.368 e. The van der Waals surface area contributed by atoms with Crippen LogP contribution in [-0.4, -0.2) is 38.3 Å². The topological polar surface area (TPSA) is 101 Å². The van der Waals surface area contributed by atoms with Gasteiger partial charge in [-0.2, -0.15) is 0 Å². The average Bonchev–Trinajstić information content (AvgIpc) is 3.09. The molecule has 8 nitrogen and oxygen atoms in total. The Morgan fingerprint density at radius 2 is 2.21 bits per heavy atom. The molecule has 0 radical (unpaired) electrons. The maximum atomic E-state index is 12.3. The normalized spacial score (nSPS) is 11.1. The van der Waals surface area contributed by atoms with Crippen LogP contribution in [0, 0.1) is 0 Å². The van der Waals surface area contributed by atoms with Gasteiger partial charge in [0.05, 0.1) is 6.54 Å². The molecule has 3 N–H and O–H groups in total. The highest BCUT2D eigenvalue weighted by Crippen LogP contribution is 2.00. The Bertz CT molecular complexity index is 708. The van der Waals surface area contributed by atoms with Gasteiger partial charge in [0.25, 0.3) is 0 Å². The van der Waals surface area contributed by atoms with E-state index in [0.717, 1.165) is 5.56 Å². The van der Waals surface area contributed by atoms with Gasteiger partial charge in [-0.25, -0.2) is 9.80 Å². The predicted octanol–water partition coefficient (Wildman–Crippen LogP) is 1.32. The van der Waals surface area contributed by atoms with Crippen LogP contribution < -0.4 is 11.1 Å². The first-order chi connectivity index (χ1) is 11.7. The quantitative estimate of drug-likeness (QED) is 0.361. The molecule has 2 rings (SSSR count). The van der Waals surface area contributed by atoms with Crippen LogP contribution in [0.15, 0.2) is 54.4 Å². The summed E-state index contributed by atoms with van der Waals surface area (Å²) in [5.41, 5.74) is 6.96. The smallest absolute Gasteiger partial charge is 0.338 e. The van der Waals surface area contributed by atoms with E-state index in [-0.39, 0.29) is 18.5 Å². The van der Waals surface area contributed by atoms with Gasteiger partial charge in [-0.1, -0.05) is 43.3 Å². The van der Waals surface area contributed by atoms with Crippen molar-refractivity contribution in [2.75, 3.05) is 6.54 Å². The summed E-state index contributed by atoms with van der Waals surface area (Å²) in [4.78, 5) is 12.3. The Kier molecular flexibility index (Phi) is 6.07. The standard InChI is InChI=1S/C16H21N7O/c1-3-10-23(16(24)18-11-13-8-6-5-7-9-13)21-15(17)22-12-19-20-14(22)4-2/h3,5-9,12H,1,4,10-11H2,2H3,(H2,17,21)(H,18,24). The van der Waals surface area contributed by atoms with Crippen LogP contribution in [0.4, 0.5) is 4.79 Å². The molecule has 0 spiro atoms. The lowest BCUT2D eigenvalue weighted by molar-refractivity contribution is 0.204. The maximum absolute atomic E-state index is 12.3. The minimum Gasteiger partial charge on any atom is -0.368 e. The fraction of sp³-hybridized carbons (Fsp3) is 0.250. The molecule has 0 atom stereocenters. The first-order valence-electron chi connectivity index (χ1n) is 7.59. The number of benzene rings is 1. The lowest BCUT2D eigenvalue weighted by Crippen LogP contribution is -2.39. The van der Waals surface area contributed by atoms with E-state index >= 15 is 0 Å². The lowest BCUT2D eigenvalue weighted by Gasteiger charge is -2.17. The molecule has 24 heavy (non-hydrogen) atoms. The number of hydrazone groups is 1. The zero-order valence-electron chi connectivity index (χ0n) is 13.6. The number of nitrogens with two attached hydrogens (primary N) is 1. The van der Waals surface area contributed by atoms with Crippen LogP contribution in [-0.2, 0) is 13.0 Å². The lowest BCUT2D eigenvalue weighted by atomic mass is 10.2. The number of aromatic nitrogens is 3. The molecule has 0 saturated heterocycles. The number of nitrogens with one attached hydrogen (secondary N) is 1. The van der Waals surface area contributed by atoms with E-state index in [1.165, 1.54) is 11.3 Å². The SMILES string of the molecule is C=CCN(/N=C(/N)n1cnnc1CC)C(=O)NCc1ccccc1. The van der Waals surface area contributed by atoms with Crippen molar-refractivity contribution in [3.63, 3.8) is 0 Å². The average molecular weight is 327 g/mol. The number of rotatable bonds is 6. The Morgan fingerprint density at radius 1 is 1.46 bits per heavy atom. The van der Waals surface area contributed by atoms with Gasteiger partial charge < -0.3 is 11.1 Å². The molecule has 0 fully saturated rings. The second-order valence-electron chi connectivity index (χ2n) is 4.94. The van der Waals surface area contributed by atoms with Crippen molar-refractivity contribution in [2.45, 2.75) is 19.9 Å². The third kappa shape index (κ3) is 4.42. The number of urea groups is 1. The van der Waals surface area contributed by atoms with Gasteiger partial charge >= 0.3 is 6.03 Å². The second-order valence-corrected chi connectivity index (χ2v) is 4.94. The summed E-state index contributed by atoms with van der Waals surface area (Å²) in [5, 5.41) is 15.9. The molecule has 8 heteroatoms.